The molecule has 0 aromatic rings. The van der Waals surface area contributed by atoms with Crippen molar-refractivity contribution in [1.29, 1.82) is 0 Å². The number of ether oxygens (including phenoxy) is 1. The molecule has 0 spiro atoms. The van der Waals surface area contributed by atoms with Gasteiger partial charge in [0.05, 0.1) is 5.71 Å². The van der Waals surface area contributed by atoms with Crippen molar-refractivity contribution in [2.24, 2.45) is 4.99 Å². The van der Waals surface area contributed by atoms with Gasteiger partial charge in [-0.25, -0.2) is 4.79 Å². The van der Waals surface area contributed by atoms with E-state index in [4.69, 9.17) is 4.74 Å². The highest BCUT2D eigenvalue weighted by molar-refractivity contribution is 9.11. The van der Waals surface area contributed by atoms with Gasteiger partial charge in [-0.1, -0.05) is 27.7 Å². The lowest BCUT2D eigenvalue weighted by atomic mass is 10.2. The molecule has 2 aliphatic rings. The molecule has 6 heteroatoms. The Kier molecular flexibility index (Phi) is 3.54. The van der Waals surface area contributed by atoms with Crippen molar-refractivity contribution in [2.75, 3.05) is 6.54 Å². The van der Waals surface area contributed by atoms with Crippen molar-refractivity contribution in [3.05, 3.63) is 11.1 Å². The summed E-state index contributed by atoms with van der Waals surface area (Å²) in [5.41, 5.74) is 0.627. The number of carbonyl (C=O) groups excluding carboxylic acids is 1. The first-order valence-electron chi connectivity index (χ1n) is 5.44. The van der Waals surface area contributed by atoms with Gasteiger partial charge in [0.25, 0.3) is 0 Å². The molecule has 0 bridgehead atoms. The van der Waals surface area contributed by atoms with Crippen LogP contribution in [0.3, 0.4) is 0 Å². The number of alkyl halides is 1. The lowest BCUT2D eigenvalue weighted by Gasteiger charge is -2.27. The Morgan fingerprint density at radius 1 is 1.65 bits per heavy atom. The molecule has 0 saturated heterocycles. The molecular weight excluding hydrogens is 304 g/mol. The number of nitrogens with zero attached hydrogens (tertiary/aromatic N) is 2. The van der Waals surface area contributed by atoms with E-state index in [9.17, 15) is 4.79 Å². The first kappa shape index (κ1) is 13.0. The molecule has 2 rings (SSSR count). The molecule has 0 fully saturated rings. The molecule has 2 heterocycles. The van der Waals surface area contributed by atoms with Crippen LogP contribution in [0.1, 0.15) is 27.2 Å². The van der Waals surface area contributed by atoms with Crippen LogP contribution in [0.5, 0.6) is 0 Å². The molecule has 4 nitrogen and oxygen atoms in total. The highest BCUT2D eigenvalue weighted by atomic mass is 79.9. The lowest BCUT2D eigenvalue weighted by molar-refractivity contribution is 0.0336. The molecule has 94 valence electrons. The Morgan fingerprint density at radius 2 is 2.35 bits per heavy atom. The number of allylic oxidation sites excluding steroid dienone is 1. The Bertz CT molecular complexity index is 401. The van der Waals surface area contributed by atoms with E-state index in [0.717, 1.165) is 17.0 Å². The van der Waals surface area contributed by atoms with E-state index >= 15 is 0 Å². The zero-order valence-electron chi connectivity index (χ0n) is 10.1. The van der Waals surface area contributed by atoms with Crippen LogP contribution in [0.4, 0.5) is 4.79 Å². The average Bonchev–Trinajstić information content (AvgIpc) is 2.53. The van der Waals surface area contributed by atoms with Crippen molar-refractivity contribution in [3.8, 4) is 0 Å². The molecule has 0 aromatic carbocycles. The standard InChI is InChI=1S/C11H15BrN2O2S/c1-11(2,3)16-10(15)14-5-4-7-8(6-14)17-9(12)13-7/h6,9H,4-5H2,1-3H3. The number of amides is 1. The number of aliphatic imine (C=N–C) groups is 1. The minimum absolute atomic E-state index is 0.0855. The number of hydrogen-bond donors (Lipinski definition) is 0. The van der Waals surface area contributed by atoms with Crippen molar-refractivity contribution in [3.63, 3.8) is 0 Å². The van der Waals surface area contributed by atoms with Crippen molar-refractivity contribution in [1.82, 2.24) is 4.90 Å². The van der Waals surface area contributed by atoms with Gasteiger partial charge in [0, 0.05) is 24.1 Å². The highest BCUT2D eigenvalue weighted by Gasteiger charge is 2.29. The van der Waals surface area contributed by atoms with Crippen LogP contribution >= 0.6 is 27.7 Å². The summed E-state index contributed by atoms with van der Waals surface area (Å²) in [5.74, 6) is 0. The van der Waals surface area contributed by atoms with Crippen molar-refractivity contribution in [2.45, 2.75) is 37.1 Å². The van der Waals surface area contributed by atoms with Crippen LogP contribution in [0.15, 0.2) is 16.1 Å². The smallest absolute Gasteiger partial charge is 0.414 e. The van der Waals surface area contributed by atoms with Gasteiger partial charge < -0.3 is 4.74 Å². The third kappa shape index (κ3) is 3.25. The summed E-state index contributed by atoms with van der Waals surface area (Å²) in [6, 6.07) is 0. The molecule has 17 heavy (non-hydrogen) atoms. The first-order chi connectivity index (χ1) is 7.85. The van der Waals surface area contributed by atoms with Crippen molar-refractivity contribution < 1.29 is 9.53 Å². The zero-order chi connectivity index (χ0) is 12.6. The minimum atomic E-state index is -0.454. The minimum Gasteiger partial charge on any atom is -0.443 e. The summed E-state index contributed by atoms with van der Waals surface area (Å²) >= 11 is 5.05. The molecule has 1 amide bonds. The van der Waals surface area contributed by atoms with E-state index in [0.29, 0.717) is 6.54 Å². The molecular formula is C11H15BrN2O2S. The summed E-state index contributed by atoms with van der Waals surface area (Å²) < 4.78 is 5.42. The maximum atomic E-state index is 11.9. The lowest BCUT2D eigenvalue weighted by Crippen LogP contribution is -2.36. The first-order valence-corrected chi connectivity index (χ1v) is 7.24. The molecule has 0 N–H and O–H groups in total. The van der Waals surface area contributed by atoms with Crippen LogP contribution in [-0.4, -0.2) is 33.1 Å². The number of fused-ring (bicyclic) bond motifs is 1. The number of thioether (sulfide) groups is 1. The maximum Gasteiger partial charge on any atom is 0.414 e. The van der Waals surface area contributed by atoms with Crippen LogP contribution in [-0.2, 0) is 4.74 Å². The molecule has 0 aromatic heterocycles. The van der Waals surface area contributed by atoms with Crippen LogP contribution in [0.25, 0.3) is 0 Å². The Labute approximate surface area is 114 Å². The Morgan fingerprint density at radius 3 is 3.00 bits per heavy atom. The van der Waals surface area contributed by atoms with Crippen molar-refractivity contribution >= 4 is 39.5 Å². The third-order valence-corrected chi connectivity index (χ3v) is 3.92. The third-order valence-electron chi connectivity index (χ3n) is 2.26. The Hall–Kier alpha value is -0.490. The van der Waals surface area contributed by atoms with Gasteiger partial charge in [-0.15, -0.1) is 0 Å². The van der Waals surface area contributed by atoms with E-state index < -0.39 is 5.60 Å². The van der Waals surface area contributed by atoms with Gasteiger partial charge in [-0.2, -0.15) is 0 Å². The fourth-order valence-corrected chi connectivity index (χ4v) is 3.29. The number of rotatable bonds is 0. The van der Waals surface area contributed by atoms with Crippen LogP contribution in [0, 0.1) is 0 Å². The second kappa shape index (κ2) is 4.65. The number of halogens is 1. The van der Waals surface area contributed by atoms with E-state index in [1.807, 2.05) is 27.0 Å². The maximum absolute atomic E-state index is 11.9. The largest absolute Gasteiger partial charge is 0.443 e. The van der Waals surface area contributed by atoms with Gasteiger partial charge in [-0.05, 0) is 20.8 Å². The molecule has 1 atom stereocenters. The second-order valence-corrected chi connectivity index (χ2v) is 7.50. The van der Waals surface area contributed by atoms with E-state index in [1.54, 1.807) is 16.7 Å². The summed E-state index contributed by atoms with van der Waals surface area (Å²) in [6.45, 7) is 6.24. The predicted molar refractivity (Wildman–Crippen MR) is 73.4 cm³/mol. The zero-order valence-corrected chi connectivity index (χ0v) is 12.5. The summed E-state index contributed by atoms with van der Waals surface area (Å²) in [7, 11) is 0. The topological polar surface area (TPSA) is 41.9 Å². The van der Waals surface area contributed by atoms with E-state index in [2.05, 4.69) is 20.9 Å². The summed E-state index contributed by atoms with van der Waals surface area (Å²) in [5, 5.41) is 0. The van der Waals surface area contributed by atoms with Gasteiger partial charge >= 0.3 is 6.09 Å². The summed E-state index contributed by atoms with van der Waals surface area (Å²) in [4.78, 5) is 19.0. The quantitative estimate of drug-likeness (QED) is 0.508. The fraction of sp³-hybridized carbons (Fsp3) is 0.636. The monoisotopic (exact) mass is 318 g/mol. The SMILES string of the molecule is CC(C)(C)OC(=O)N1C=C2SC(Br)N=C2CC1. The molecule has 2 aliphatic heterocycles. The molecule has 1 unspecified atom stereocenters. The van der Waals surface area contributed by atoms with Gasteiger partial charge in [0.1, 0.15) is 5.60 Å². The van der Waals surface area contributed by atoms with Crippen LogP contribution < -0.4 is 0 Å². The average molecular weight is 319 g/mol. The summed E-state index contributed by atoms with van der Waals surface area (Å²) in [6.07, 6.45) is 2.34. The van der Waals surface area contributed by atoms with E-state index in [1.165, 1.54) is 0 Å². The number of hydrogen-bond acceptors (Lipinski definition) is 4. The Balaban J connectivity index is 2.06. The molecule has 0 saturated carbocycles. The van der Waals surface area contributed by atoms with Gasteiger partial charge in [0.2, 0.25) is 0 Å². The van der Waals surface area contributed by atoms with Gasteiger partial charge in [-0.3, -0.25) is 9.89 Å². The number of carbonyl (C=O) groups is 1. The van der Waals surface area contributed by atoms with E-state index in [-0.39, 0.29) is 10.4 Å². The van der Waals surface area contributed by atoms with Gasteiger partial charge in [0.15, 0.2) is 4.28 Å². The molecule has 0 radical (unpaired) electrons. The molecule has 0 aliphatic carbocycles. The highest BCUT2D eigenvalue weighted by Crippen LogP contribution is 2.38. The second-order valence-electron chi connectivity index (χ2n) is 4.90. The fourth-order valence-electron chi connectivity index (χ4n) is 1.57. The predicted octanol–water partition coefficient (Wildman–Crippen LogP) is 3.33. The van der Waals surface area contributed by atoms with Crippen LogP contribution in [0.2, 0.25) is 0 Å². The normalized spacial score (nSPS) is 24.0.